The smallest absolute Gasteiger partial charge is 0.231 e. The van der Waals surface area contributed by atoms with Gasteiger partial charge in [0.2, 0.25) is 6.79 Å². The number of hydrogen-bond acceptors (Lipinski definition) is 6. The predicted octanol–water partition coefficient (Wildman–Crippen LogP) is 5.18. The molecule has 0 unspecified atom stereocenters. The number of piperazine rings is 1. The van der Waals surface area contributed by atoms with Gasteiger partial charge in [-0.2, -0.15) is 0 Å². The minimum atomic E-state index is 0.306. The fourth-order valence-electron chi connectivity index (χ4n) is 6.28. The molecular weight excluding hydrogens is 474 g/mol. The lowest BCUT2D eigenvalue weighted by atomic mass is 9.87. The second kappa shape index (κ2) is 11.3. The van der Waals surface area contributed by atoms with Crippen molar-refractivity contribution in [1.29, 1.82) is 0 Å². The maximum absolute atomic E-state index is 10.2. The zero-order chi connectivity index (χ0) is 25.9. The summed E-state index contributed by atoms with van der Waals surface area (Å²) in [5, 5.41) is 10.2. The van der Waals surface area contributed by atoms with Crippen molar-refractivity contribution in [3.63, 3.8) is 0 Å². The number of rotatable bonds is 8. The van der Waals surface area contributed by atoms with E-state index in [-0.39, 0.29) is 0 Å². The molecule has 1 atom stereocenters. The van der Waals surface area contributed by atoms with Gasteiger partial charge in [-0.15, -0.1) is 0 Å². The van der Waals surface area contributed by atoms with Crippen molar-refractivity contribution in [2.24, 2.45) is 0 Å². The lowest BCUT2D eigenvalue weighted by molar-refractivity contribution is 0.145. The summed E-state index contributed by atoms with van der Waals surface area (Å²) in [6.07, 6.45) is 4.36. The van der Waals surface area contributed by atoms with Crippen molar-refractivity contribution in [2.75, 3.05) is 57.5 Å². The first-order chi connectivity index (χ1) is 18.7. The molecule has 2 aliphatic heterocycles. The Bertz CT molecular complexity index is 1240. The zero-order valence-corrected chi connectivity index (χ0v) is 22.4. The van der Waals surface area contributed by atoms with Crippen molar-refractivity contribution in [3.8, 4) is 28.4 Å². The Morgan fingerprint density at radius 2 is 1.68 bits per heavy atom. The van der Waals surface area contributed by atoms with E-state index in [1.165, 1.54) is 28.8 Å². The standard InChI is InChI=1S/C32H39N3O3/c1-2-14-34(28-11-12-29-26(21-28)4-3-5-30(29)36)18-15-33-16-19-35(20-17-33)27-9-6-24(7-10-27)25-8-13-31-32(22-25)38-23-37-31/h3-10,13,22,28,36H,2,11-12,14-21,23H2,1H3/t28-/m0/s1. The van der Waals surface area contributed by atoms with Crippen LogP contribution in [0.2, 0.25) is 0 Å². The van der Waals surface area contributed by atoms with Crippen LogP contribution in [0.3, 0.4) is 0 Å². The maximum atomic E-state index is 10.2. The quantitative estimate of drug-likeness (QED) is 0.448. The van der Waals surface area contributed by atoms with Crippen molar-refractivity contribution in [2.45, 2.75) is 38.6 Å². The number of phenols is 1. The summed E-state index contributed by atoms with van der Waals surface area (Å²) in [6, 6.07) is 21.7. The van der Waals surface area contributed by atoms with E-state index in [0.717, 1.165) is 82.1 Å². The van der Waals surface area contributed by atoms with Crippen LogP contribution in [0.4, 0.5) is 5.69 Å². The summed E-state index contributed by atoms with van der Waals surface area (Å²) < 4.78 is 11.0. The van der Waals surface area contributed by atoms with Gasteiger partial charge in [0, 0.05) is 51.0 Å². The Kier molecular flexibility index (Phi) is 7.43. The van der Waals surface area contributed by atoms with E-state index in [1.54, 1.807) is 0 Å². The molecule has 3 aromatic carbocycles. The lowest BCUT2D eigenvalue weighted by Gasteiger charge is -2.39. The molecule has 0 saturated carbocycles. The van der Waals surface area contributed by atoms with Crippen molar-refractivity contribution in [1.82, 2.24) is 9.80 Å². The van der Waals surface area contributed by atoms with E-state index in [1.807, 2.05) is 18.2 Å². The van der Waals surface area contributed by atoms with Crippen molar-refractivity contribution < 1.29 is 14.6 Å². The molecule has 38 heavy (non-hydrogen) atoms. The third kappa shape index (κ3) is 5.33. The van der Waals surface area contributed by atoms with Crippen LogP contribution < -0.4 is 14.4 Å². The molecule has 1 N–H and O–H groups in total. The molecule has 3 aliphatic rings. The number of nitrogens with zero attached hydrogens (tertiary/aromatic N) is 3. The minimum Gasteiger partial charge on any atom is -0.508 e. The summed E-state index contributed by atoms with van der Waals surface area (Å²) >= 11 is 0. The molecule has 0 spiro atoms. The number of phenolic OH excluding ortho intramolecular Hbond substituents is 1. The van der Waals surface area contributed by atoms with Gasteiger partial charge in [0.15, 0.2) is 11.5 Å². The maximum Gasteiger partial charge on any atom is 0.231 e. The first-order valence-electron chi connectivity index (χ1n) is 14.2. The number of anilines is 1. The minimum absolute atomic E-state index is 0.306. The first kappa shape index (κ1) is 25.1. The molecule has 2 heterocycles. The first-order valence-corrected chi connectivity index (χ1v) is 14.2. The van der Waals surface area contributed by atoms with Crippen LogP contribution in [0.5, 0.6) is 17.2 Å². The number of benzene rings is 3. The molecule has 6 nitrogen and oxygen atoms in total. The monoisotopic (exact) mass is 513 g/mol. The largest absolute Gasteiger partial charge is 0.508 e. The summed E-state index contributed by atoms with van der Waals surface area (Å²) in [5.74, 6) is 2.13. The van der Waals surface area contributed by atoms with E-state index in [2.05, 4.69) is 64.1 Å². The third-order valence-electron chi connectivity index (χ3n) is 8.47. The van der Waals surface area contributed by atoms with Crippen LogP contribution in [0.25, 0.3) is 11.1 Å². The molecule has 0 radical (unpaired) electrons. The number of ether oxygens (including phenoxy) is 2. The van der Waals surface area contributed by atoms with Gasteiger partial charge in [-0.1, -0.05) is 37.3 Å². The Morgan fingerprint density at radius 1 is 0.895 bits per heavy atom. The molecule has 200 valence electrons. The highest BCUT2D eigenvalue weighted by atomic mass is 16.7. The molecule has 1 saturated heterocycles. The fourth-order valence-corrected chi connectivity index (χ4v) is 6.28. The molecular formula is C32H39N3O3. The Balaban J connectivity index is 1.01. The number of fused-ring (bicyclic) bond motifs is 2. The highest BCUT2D eigenvalue weighted by Crippen LogP contribution is 2.36. The fraction of sp³-hybridized carbons (Fsp3) is 0.438. The molecule has 1 aliphatic carbocycles. The van der Waals surface area contributed by atoms with E-state index >= 15 is 0 Å². The molecule has 1 fully saturated rings. The SMILES string of the molecule is CCCN(CCN1CCN(c2ccc(-c3ccc4c(c3)OCO4)cc2)CC1)[C@H]1CCc2c(O)cccc2C1. The van der Waals surface area contributed by atoms with E-state index in [4.69, 9.17) is 9.47 Å². The molecule has 6 rings (SSSR count). The summed E-state index contributed by atoms with van der Waals surface area (Å²) in [4.78, 5) is 7.84. The van der Waals surface area contributed by atoms with Gasteiger partial charge in [-0.05, 0) is 84.8 Å². The molecule has 3 aromatic rings. The van der Waals surface area contributed by atoms with E-state index < -0.39 is 0 Å². The normalized spacial score (nSPS) is 19.1. The van der Waals surface area contributed by atoms with Crippen molar-refractivity contribution in [3.05, 3.63) is 71.8 Å². The van der Waals surface area contributed by atoms with Crippen LogP contribution >= 0.6 is 0 Å². The Hall–Kier alpha value is -3.22. The van der Waals surface area contributed by atoms with Gasteiger partial charge >= 0.3 is 0 Å². The topological polar surface area (TPSA) is 48.4 Å². The summed E-state index contributed by atoms with van der Waals surface area (Å²) in [7, 11) is 0. The van der Waals surface area contributed by atoms with Crippen LogP contribution in [0, 0.1) is 0 Å². The van der Waals surface area contributed by atoms with Crippen LogP contribution in [-0.2, 0) is 12.8 Å². The molecule has 0 amide bonds. The van der Waals surface area contributed by atoms with Crippen molar-refractivity contribution >= 4 is 5.69 Å². The third-order valence-corrected chi connectivity index (χ3v) is 8.47. The average molecular weight is 514 g/mol. The second-order valence-corrected chi connectivity index (χ2v) is 10.8. The van der Waals surface area contributed by atoms with Gasteiger partial charge in [0.1, 0.15) is 5.75 Å². The predicted molar refractivity (Wildman–Crippen MR) is 152 cm³/mol. The van der Waals surface area contributed by atoms with Gasteiger partial charge in [-0.25, -0.2) is 0 Å². The lowest BCUT2D eigenvalue weighted by Crippen LogP contribution is -2.50. The average Bonchev–Trinajstić information content (AvgIpc) is 3.44. The molecule has 0 aromatic heterocycles. The van der Waals surface area contributed by atoms with Gasteiger partial charge < -0.3 is 19.5 Å². The number of aromatic hydroxyl groups is 1. The highest BCUT2D eigenvalue weighted by Gasteiger charge is 2.26. The second-order valence-electron chi connectivity index (χ2n) is 10.8. The van der Waals surface area contributed by atoms with Gasteiger partial charge in [-0.3, -0.25) is 9.80 Å². The van der Waals surface area contributed by atoms with Crippen LogP contribution in [0.15, 0.2) is 60.7 Å². The van der Waals surface area contributed by atoms with E-state index in [0.29, 0.717) is 18.6 Å². The van der Waals surface area contributed by atoms with Crippen LogP contribution in [-0.4, -0.2) is 73.6 Å². The Labute approximate surface area is 226 Å². The molecule has 0 bridgehead atoms. The molecule has 6 heteroatoms. The summed E-state index contributed by atoms with van der Waals surface area (Å²) in [5.41, 5.74) is 6.15. The summed E-state index contributed by atoms with van der Waals surface area (Å²) in [6.45, 7) is 10.3. The number of hydrogen-bond donors (Lipinski definition) is 1. The van der Waals surface area contributed by atoms with Gasteiger partial charge in [0.05, 0.1) is 0 Å². The van der Waals surface area contributed by atoms with Gasteiger partial charge in [0.25, 0.3) is 0 Å². The van der Waals surface area contributed by atoms with E-state index in [9.17, 15) is 5.11 Å². The Morgan fingerprint density at radius 3 is 2.50 bits per heavy atom. The zero-order valence-electron chi connectivity index (χ0n) is 22.4. The highest BCUT2D eigenvalue weighted by molar-refractivity contribution is 5.69. The van der Waals surface area contributed by atoms with Crippen LogP contribution in [0.1, 0.15) is 30.9 Å².